The van der Waals surface area contributed by atoms with Gasteiger partial charge >= 0.3 is 5.97 Å². The molecule has 0 saturated heterocycles. The number of fused-ring (bicyclic) bond motifs is 1. The van der Waals surface area contributed by atoms with Crippen molar-refractivity contribution in [3.8, 4) is 0 Å². The van der Waals surface area contributed by atoms with Crippen LogP contribution in [0.3, 0.4) is 0 Å². The van der Waals surface area contributed by atoms with Gasteiger partial charge in [0, 0.05) is 17.3 Å². The second kappa shape index (κ2) is 11.1. The molecule has 2 aromatic heterocycles. The van der Waals surface area contributed by atoms with Gasteiger partial charge in [0.2, 0.25) is 0 Å². The van der Waals surface area contributed by atoms with E-state index in [2.05, 4.69) is 64.0 Å². The highest BCUT2D eigenvalue weighted by Crippen LogP contribution is 2.39. The minimum atomic E-state index is -1.97. The number of carbonyl (C=O) groups excluding carboxylic acids is 1. The Kier molecular flexibility index (Phi) is 8.60. The third kappa shape index (κ3) is 6.49. The molecule has 6 nitrogen and oxygen atoms in total. The van der Waals surface area contributed by atoms with Crippen molar-refractivity contribution in [2.45, 2.75) is 76.3 Å². The molecule has 0 bridgehead atoms. The minimum Gasteiger partial charge on any atom is -0.461 e. The molecule has 1 aromatic carbocycles. The van der Waals surface area contributed by atoms with Gasteiger partial charge in [0.25, 0.3) is 0 Å². The van der Waals surface area contributed by atoms with E-state index in [4.69, 9.17) is 14.1 Å². The Labute approximate surface area is 208 Å². The van der Waals surface area contributed by atoms with Crippen molar-refractivity contribution in [1.82, 2.24) is 14.5 Å². The topological polar surface area (TPSA) is 66.2 Å². The first kappa shape index (κ1) is 26.4. The quantitative estimate of drug-likeness (QED) is 0.175. The lowest BCUT2D eigenvalue weighted by atomic mass is 10.1. The molecule has 3 aromatic rings. The predicted octanol–water partition coefficient (Wildman–Crippen LogP) is 6.74. The Morgan fingerprint density at radius 2 is 1.91 bits per heavy atom. The highest BCUT2D eigenvalue weighted by atomic mass is 32.2. The number of ether oxygens (including phenoxy) is 1. The number of rotatable bonds is 10. The van der Waals surface area contributed by atoms with Gasteiger partial charge in [-0.3, -0.25) is 0 Å². The van der Waals surface area contributed by atoms with Crippen LogP contribution in [0.5, 0.6) is 0 Å². The summed E-state index contributed by atoms with van der Waals surface area (Å²) in [7, 11) is -1.97. The second-order valence-electron chi connectivity index (χ2n) is 10.1. The maximum Gasteiger partial charge on any atom is 0.358 e. The number of para-hydroxylation sites is 1. The number of nitrogens with zero attached hydrogens (tertiary/aromatic N) is 3. The fraction of sp³-hybridized carbons (Fsp3) is 0.500. The van der Waals surface area contributed by atoms with Crippen molar-refractivity contribution in [2.24, 2.45) is 0 Å². The molecule has 0 aliphatic carbocycles. The Balaban J connectivity index is 1.77. The first-order valence-electron chi connectivity index (χ1n) is 11.9. The fourth-order valence-electron chi connectivity index (χ4n) is 3.59. The maximum atomic E-state index is 12.2. The van der Waals surface area contributed by atoms with Crippen molar-refractivity contribution in [3.05, 3.63) is 54.6 Å². The standard InChI is InChI=1S/C26H37N3O3SSi/c1-8-31-25(30)22-17-29(18-27-22)23(19(2)32-34(6,7)26(3,4)5)15-16-33-24-14-13-20-11-9-10-12-21(20)28-24/h9-14,17-19,23H,8,15-16H2,1-7H3/t19-,23+/m0/s1. The number of esters is 1. The summed E-state index contributed by atoms with van der Waals surface area (Å²) in [6, 6.07) is 12.4. The molecule has 184 valence electrons. The van der Waals surface area contributed by atoms with E-state index in [1.165, 1.54) is 0 Å². The lowest BCUT2D eigenvalue weighted by Crippen LogP contribution is -2.45. The summed E-state index contributed by atoms with van der Waals surface area (Å²) in [5.74, 6) is 0.474. The van der Waals surface area contributed by atoms with E-state index in [0.29, 0.717) is 12.3 Å². The number of hydrogen-bond acceptors (Lipinski definition) is 6. The molecular weight excluding hydrogens is 462 g/mol. The average Bonchev–Trinajstić information content (AvgIpc) is 3.25. The lowest BCUT2D eigenvalue weighted by molar-refractivity contribution is 0.0519. The zero-order valence-corrected chi connectivity index (χ0v) is 23.2. The fourth-order valence-corrected chi connectivity index (χ4v) is 5.92. The van der Waals surface area contributed by atoms with Crippen LogP contribution in [0.4, 0.5) is 0 Å². The number of imidazole rings is 1. The van der Waals surface area contributed by atoms with Crippen molar-refractivity contribution in [3.63, 3.8) is 0 Å². The summed E-state index contributed by atoms with van der Waals surface area (Å²) in [5, 5.41) is 2.26. The molecule has 0 amide bonds. The van der Waals surface area contributed by atoms with Gasteiger partial charge in [-0.25, -0.2) is 14.8 Å². The molecule has 34 heavy (non-hydrogen) atoms. The van der Waals surface area contributed by atoms with Crippen molar-refractivity contribution in [2.75, 3.05) is 12.4 Å². The highest BCUT2D eigenvalue weighted by Gasteiger charge is 2.40. The molecule has 0 unspecified atom stereocenters. The molecule has 0 spiro atoms. The summed E-state index contributed by atoms with van der Waals surface area (Å²) >= 11 is 1.74. The number of hydrogen-bond donors (Lipinski definition) is 0. The van der Waals surface area contributed by atoms with Gasteiger partial charge in [-0.1, -0.05) is 45.0 Å². The smallest absolute Gasteiger partial charge is 0.358 e. The summed E-state index contributed by atoms with van der Waals surface area (Å²) in [4.78, 5) is 21.3. The number of benzene rings is 1. The number of carbonyl (C=O) groups is 1. The van der Waals surface area contributed by atoms with Gasteiger partial charge in [0.15, 0.2) is 14.0 Å². The van der Waals surface area contributed by atoms with Gasteiger partial charge in [0.1, 0.15) is 0 Å². The summed E-state index contributed by atoms with van der Waals surface area (Å²) in [6.45, 7) is 15.5. The maximum absolute atomic E-state index is 12.2. The number of pyridine rings is 1. The van der Waals surface area contributed by atoms with Gasteiger partial charge in [0.05, 0.1) is 35.6 Å². The first-order valence-corrected chi connectivity index (χ1v) is 15.8. The minimum absolute atomic E-state index is 0.0321. The Hall–Kier alpha value is -2.16. The molecule has 0 fully saturated rings. The van der Waals surface area contributed by atoms with Gasteiger partial charge in [-0.2, -0.15) is 0 Å². The van der Waals surface area contributed by atoms with Crippen molar-refractivity contribution in [1.29, 1.82) is 0 Å². The predicted molar refractivity (Wildman–Crippen MR) is 142 cm³/mol. The van der Waals surface area contributed by atoms with E-state index in [0.717, 1.165) is 28.1 Å². The molecule has 2 heterocycles. The van der Waals surface area contributed by atoms with Gasteiger partial charge < -0.3 is 13.7 Å². The normalized spacial score (nSPS) is 14.2. The van der Waals surface area contributed by atoms with Crippen LogP contribution in [0.1, 0.15) is 57.6 Å². The molecule has 0 radical (unpaired) electrons. The van der Waals surface area contributed by atoms with Crippen LogP contribution in [0, 0.1) is 0 Å². The molecule has 0 aliphatic rings. The van der Waals surface area contributed by atoms with Crippen LogP contribution in [-0.2, 0) is 9.16 Å². The third-order valence-electron chi connectivity index (χ3n) is 6.53. The van der Waals surface area contributed by atoms with Crippen LogP contribution in [-0.4, -0.2) is 47.3 Å². The summed E-state index contributed by atoms with van der Waals surface area (Å²) in [6.07, 6.45) is 4.33. The van der Waals surface area contributed by atoms with Crippen LogP contribution in [0.25, 0.3) is 10.9 Å². The van der Waals surface area contributed by atoms with Crippen molar-refractivity contribution >= 4 is 37.0 Å². The van der Waals surface area contributed by atoms with Crippen LogP contribution in [0.15, 0.2) is 53.9 Å². The van der Waals surface area contributed by atoms with Crippen molar-refractivity contribution < 1.29 is 14.0 Å². The van der Waals surface area contributed by atoms with Crippen LogP contribution < -0.4 is 0 Å². The molecular formula is C26H37N3O3SSi. The number of thioether (sulfide) groups is 1. The van der Waals surface area contributed by atoms with Crippen LogP contribution >= 0.6 is 11.8 Å². The lowest BCUT2D eigenvalue weighted by Gasteiger charge is -2.40. The first-order chi connectivity index (χ1) is 16.0. The van der Waals surface area contributed by atoms with Gasteiger partial charge in [-0.05, 0) is 50.5 Å². The highest BCUT2D eigenvalue weighted by molar-refractivity contribution is 7.99. The molecule has 0 saturated carbocycles. The Morgan fingerprint density at radius 1 is 1.18 bits per heavy atom. The second-order valence-corrected chi connectivity index (χ2v) is 15.9. The van der Waals surface area contributed by atoms with E-state index in [1.54, 1.807) is 31.2 Å². The van der Waals surface area contributed by atoms with E-state index in [-0.39, 0.29) is 17.2 Å². The largest absolute Gasteiger partial charge is 0.461 e. The van der Waals surface area contributed by atoms with E-state index in [9.17, 15) is 4.79 Å². The monoisotopic (exact) mass is 499 g/mol. The zero-order valence-electron chi connectivity index (χ0n) is 21.4. The van der Waals surface area contributed by atoms with Gasteiger partial charge in [-0.15, -0.1) is 11.8 Å². The molecule has 8 heteroatoms. The molecule has 0 N–H and O–H groups in total. The van der Waals surface area contributed by atoms with E-state index >= 15 is 0 Å². The van der Waals surface area contributed by atoms with E-state index < -0.39 is 14.3 Å². The Morgan fingerprint density at radius 3 is 2.62 bits per heavy atom. The zero-order chi connectivity index (χ0) is 24.9. The number of aromatic nitrogens is 3. The Bertz CT molecular complexity index is 1110. The summed E-state index contributed by atoms with van der Waals surface area (Å²) in [5.41, 5.74) is 1.34. The molecule has 2 atom stereocenters. The molecule has 3 rings (SSSR count). The average molecular weight is 500 g/mol. The van der Waals surface area contributed by atoms with E-state index in [1.807, 2.05) is 22.8 Å². The molecule has 0 aliphatic heterocycles. The summed E-state index contributed by atoms with van der Waals surface area (Å²) < 4.78 is 13.9. The SMILES string of the molecule is CCOC(=O)c1cn([C@H](CCSc2ccc3ccccc3n2)[C@H](C)O[Si](C)(C)C(C)(C)C)cn1. The van der Waals surface area contributed by atoms with Crippen LogP contribution in [0.2, 0.25) is 18.1 Å². The third-order valence-corrected chi connectivity index (χ3v) is 12.1.